The van der Waals surface area contributed by atoms with Gasteiger partial charge >= 0.3 is 0 Å². The molecule has 36 heavy (non-hydrogen) atoms. The van der Waals surface area contributed by atoms with Gasteiger partial charge in [-0.1, -0.05) is 35.0 Å². The van der Waals surface area contributed by atoms with Gasteiger partial charge in [0.1, 0.15) is 18.1 Å². The second-order valence-corrected chi connectivity index (χ2v) is 9.17. The van der Waals surface area contributed by atoms with Crippen LogP contribution in [0.2, 0.25) is 0 Å². The van der Waals surface area contributed by atoms with Crippen molar-refractivity contribution in [3.63, 3.8) is 0 Å². The van der Waals surface area contributed by atoms with Gasteiger partial charge in [0.25, 0.3) is 0 Å². The lowest BCUT2D eigenvalue weighted by molar-refractivity contribution is 0.255. The summed E-state index contributed by atoms with van der Waals surface area (Å²) in [4.78, 5) is 2.50. The maximum absolute atomic E-state index is 5.82. The fourth-order valence-electron chi connectivity index (χ4n) is 4.52. The summed E-state index contributed by atoms with van der Waals surface area (Å²) in [5, 5.41) is 8.52. The number of nitrogens with zero attached hydrogens (tertiary/aromatic N) is 4. The lowest BCUT2D eigenvalue weighted by atomic mass is 9.98. The summed E-state index contributed by atoms with van der Waals surface area (Å²) in [7, 11) is 3.38. The molecule has 0 spiro atoms. The minimum atomic E-state index is 0.388. The molecule has 0 bridgehead atoms. The summed E-state index contributed by atoms with van der Waals surface area (Å²) in [5.41, 5.74) is 6.96. The highest BCUT2D eigenvalue weighted by atomic mass is 16.5. The van der Waals surface area contributed by atoms with Crippen molar-refractivity contribution >= 4 is 0 Å². The van der Waals surface area contributed by atoms with Crippen LogP contribution in [0.25, 0.3) is 5.69 Å². The van der Waals surface area contributed by atoms with Gasteiger partial charge in [0.05, 0.1) is 26.1 Å². The first-order valence-corrected chi connectivity index (χ1v) is 12.3. The predicted molar refractivity (Wildman–Crippen MR) is 139 cm³/mol. The first kappa shape index (κ1) is 23.9. The zero-order valence-electron chi connectivity index (χ0n) is 21.1. The standard InChI is InChI=1S/C29H32N4O3/c1-21-4-10-27(11-5-21)36-20-25-19-33(31-30-25)26-8-6-22(7-9-26)12-14-32-15-13-23-16-28(34-2)29(35-3)17-24(23)18-32/h4-11,16-17,19H,12-15,18,20H2,1-3H3. The Morgan fingerprint density at radius 1 is 0.889 bits per heavy atom. The molecule has 0 atom stereocenters. The second-order valence-electron chi connectivity index (χ2n) is 9.17. The molecule has 0 unspecified atom stereocenters. The fourth-order valence-corrected chi connectivity index (χ4v) is 4.52. The molecule has 0 fully saturated rings. The molecular formula is C29H32N4O3. The van der Waals surface area contributed by atoms with Crippen molar-refractivity contribution in [2.24, 2.45) is 0 Å². The maximum Gasteiger partial charge on any atom is 0.161 e. The van der Waals surface area contributed by atoms with Gasteiger partial charge in [0.2, 0.25) is 0 Å². The average Bonchev–Trinajstić information content (AvgIpc) is 3.40. The first-order valence-electron chi connectivity index (χ1n) is 12.3. The molecule has 0 aliphatic carbocycles. The van der Waals surface area contributed by atoms with E-state index in [0.29, 0.717) is 6.61 Å². The highest BCUT2D eigenvalue weighted by Crippen LogP contribution is 2.33. The summed E-state index contributed by atoms with van der Waals surface area (Å²) in [5.74, 6) is 2.44. The molecule has 7 heteroatoms. The Hall–Kier alpha value is -3.84. The van der Waals surface area contributed by atoms with E-state index in [1.165, 1.54) is 22.3 Å². The van der Waals surface area contributed by atoms with E-state index in [9.17, 15) is 0 Å². The number of aromatic nitrogens is 3. The lowest BCUT2D eigenvalue weighted by Crippen LogP contribution is -2.32. The molecule has 4 aromatic rings. The zero-order valence-corrected chi connectivity index (χ0v) is 21.1. The second kappa shape index (κ2) is 10.8. The van der Waals surface area contributed by atoms with Crippen molar-refractivity contribution in [3.8, 4) is 22.9 Å². The number of hydrogen-bond acceptors (Lipinski definition) is 6. The fraction of sp³-hybridized carbons (Fsp3) is 0.310. The Morgan fingerprint density at radius 3 is 2.33 bits per heavy atom. The molecule has 7 nitrogen and oxygen atoms in total. The normalized spacial score (nSPS) is 13.3. The van der Waals surface area contributed by atoms with E-state index in [4.69, 9.17) is 14.2 Å². The largest absolute Gasteiger partial charge is 0.493 e. The van der Waals surface area contributed by atoms with Crippen LogP contribution in [-0.2, 0) is 26.0 Å². The number of hydrogen-bond donors (Lipinski definition) is 0. The van der Waals surface area contributed by atoms with Gasteiger partial charge in [0.15, 0.2) is 11.5 Å². The van der Waals surface area contributed by atoms with E-state index in [0.717, 1.165) is 61.1 Å². The minimum Gasteiger partial charge on any atom is -0.493 e. The van der Waals surface area contributed by atoms with E-state index >= 15 is 0 Å². The van der Waals surface area contributed by atoms with Gasteiger partial charge in [0, 0.05) is 19.6 Å². The maximum atomic E-state index is 5.82. The van der Waals surface area contributed by atoms with E-state index < -0.39 is 0 Å². The van der Waals surface area contributed by atoms with E-state index in [1.807, 2.05) is 30.5 Å². The summed E-state index contributed by atoms with van der Waals surface area (Å²) < 4.78 is 18.6. The molecule has 0 radical (unpaired) electrons. The zero-order chi connectivity index (χ0) is 24.9. The van der Waals surface area contributed by atoms with Crippen LogP contribution in [0.3, 0.4) is 0 Å². The van der Waals surface area contributed by atoms with Crippen LogP contribution in [-0.4, -0.2) is 47.2 Å². The average molecular weight is 485 g/mol. The van der Waals surface area contributed by atoms with Crippen molar-refractivity contribution in [3.05, 3.63) is 94.8 Å². The van der Waals surface area contributed by atoms with Crippen LogP contribution >= 0.6 is 0 Å². The Morgan fingerprint density at radius 2 is 1.61 bits per heavy atom. The van der Waals surface area contributed by atoms with Crippen molar-refractivity contribution < 1.29 is 14.2 Å². The van der Waals surface area contributed by atoms with Gasteiger partial charge in [-0.05, 0) is 72.9 Å². The Bertz CT molecular complexity index is 1300. The third-order valence-corrected chi connectivity index (χ3v) is 6.66. The van der Waals surface area contributed by atoms with Gasteiger partial charge < -0.3 is 14.2 Å². The number of fused-ring (bicyclic) bond motifs is 1. The van der Waals surface area contributed by atoms with E-state index in [-0.39, 0.29) is 0 Å². The molecule has 0 amide bonds. The summed E-state index contributed by atoms with van der Waals surface area (Å²) in [6.07, 6.45) is 3.93. The SMILES string of the molecule is COc1cc2c(cc1OC)CN(CCc1ccc(-n3cc(COc4ccc(C)cc4)nn3)cc1)CC2. The summed E-state index contributed by atoms with van der Waals surface area (Å²) in [6.45, 7) is 5.44. The molecule has 3 aromatic carbocycles. The van der Waals surface area contributed by atoms with E-state index in [2.05, 4.69) is 58.5 Å². The van der Waals surface area contributed by atoms with Gasteiger partial charge in [-0.3, -0.25) is 4.90 Å². The molecule has 0 saturated carbocycles. The lowest BCUT2D eigenvalue weighted by Gasteiger charge is -2.29. The highest BCUT2D eigenvalue weighted by molar-refractivity contribution is 5.48. The quantitative estimate of drug-likeness (QED) is 0.341. The molecule has 1 aromatic heterocycles. The van der Waals surface area contributed by atoms with Crippen molar-refractivity contribution in [1.82, 2.24) is 19.9 Å². The van der Waals surface area contributed by atoms with Crippen LogP contribution < -0.4 is 14.2 Å². The van der Waals surface area contributed by atoms with Gasteiger partial charge in [-0.2, -0.15) is 0 Å². The van der Waals surface area contributed by atoms with Crippen molar-refractivity contribution in [2.75, 3.05) is 27.3 Å². The molecule has 186 valence electrons. The smallest absolute Gasteiger partial charge is 0.161 e. The van der Waals surface area contributed by atoms with Crippen LogP contribution in [0.15, 0.2) is 66.9 Å². The molecule has 0 N–H and O–H groups in total. The summed E-state index contributed by atoms with van der Waals surface area (Å²) >= 11 is 0. The predicted octanol–water partition coefficient (Wildman–Crippen LogP) is 4.77. The van der Waals surface area contributed by atoms with Crippen LogP contribution in [0, 0.1) is 6.92 Å². The van der Waals surface area contributed by atoms with Crippen LogP contribution in [0.4, 0.5) is 0 Å². The topological polar surface area (TPSA) is 61.6 Å². The first-order chi connectivity index (χ1) is 17.6. The number of aryl methyl sites for hydroxylation is 1. The minimum absolute atomic E-state index is 0.388. The molecule has 0 saturated heterocycles. The molecule has 1 aliphatic heterocycles. The number of benzene rings is 3. The van der Waals surface area contributed by atoms with Gasteiger partial charge in [-0.15, -0.1) is 5.10 Å². The molecular weight excluding hydrogens is 452 g/mol. The molecule has 1 aliphatic rings. The van der Waals surface area contributed by atoms with Crippen molar-refractivity contribution in [1.29, 1.82) is 0 Å². The third kappa shape index (κ3) is 5.52. The Labute approximate surface area is 212 Å². The molecule has 2 heterocycles. The van der Waals surface area contributed by atoms with E-state index in [1.54, 1.807) is 18.9 Å². The Balaban J connectivity index is 1.15. The monoisotopic (exact) mass is 484 g/mol. The van der Waals surface area contributed by atoms with Crippen LogP contribution in [0.5, 0.6) is 17.2 Å². The number of ether oxygens (including phenoxy) is 3. The van der Waals surface area contributed by atoms with Gasteiger partial charge in [-0.25, -0.2) is 4.68 Å². The van der Waals surface area contributed by atoms with Crippen molar-refractivity contribution in [2.45, 2.75) is 32.9 Å². The summed E-state index contributed by atoms with van der Waals surface area (Å²) in [6, 6.07) is 20.8. The number of rotatable bonds is 9. The number of methoxy groups -OCH3 is 2. The third-order valence-electron chi connectivity index (χ3n) is 6.66. The molecule has 5 rings (SSSR count). The Kier molecular flexibility index (Phi) is 7.18. The van der Waals surface area contributed by atoms with Crippen LogP contribution in [0.1, 0.15) is 27.9 Å². The highest BCUT2D eigenvalue weighted by Gasteiger charge is 2.19.